The number of hydrogen-bond donors (Lipinski definition) is 2. The van der Waals surface area contributed by atoms with Crippen molar-refractivity contribution in [3.8, 4) is 11.1 Å². The Morgan fingerprint density at radius 2 is 1.95 bits per heavy atom. The van der Waals surface area contributed by atoms with Gasteiger partial charge in [0.15, 0.2) is 11.0 Å². The minimum Gasteiger partial charge on any atom is -0.390 e. The zero-order valence-corrected chi connectivity index (χ0v) is 25.9. The van der Waals surface area contributed by atoms with Crippen molar-refractivity contribution in [2.45, 2.75) is 76.3 Å². The van der Waals surface area contributed by atoms with Crippen LogP contribution in [-0.2, 0) is 25.7 Å². The Labute approximate surface area is 261 Å². The maximum absolute atomic E-state index is 13.1. The number of nitrogens with one attached hydrogen (secondary N) is 1. The number of ether oxygens (including phenoxy) is 2. The first-order chi connectivity index (χ1) is 21.4. The lowest BCUT2D eigenvalue weighted by molar-refractivity contribution is -0.140. The van der Waals surface area contributed by atoms with Crippen molar-refractivity contribution in [3.05, 3.63) is 36.4 Å². The quantitative estimate of drug-likeness (QED) is 0.389. The summed E-state index contributed by atoms with van der Waals surface area (Å²) < 4.78 is 12.2. The Balaban J connectivity index is 0.900. The Bertz CT molecular complexity index is 1490. The molecule has 12 heteroatoms. The van der Waals surface area contributed by atoms with E-state index in [4.69, 9.17) is 9.47 Å². The average molecular weight is 621 g/mol. The number of carbonyl (C=O) groups is 2. The van der Waals surface area contributed by atoms with Gasteiger partial charge in [-0.3, -0.25) is 14.5 Å². The van der Waals surface area contributed by atoms with Crippen LogP contribution >= 0.6 is 11.3 Å². The van der Waals surface area contributed by atoms with Crippen molar-refractivity contribution in [2.75, 3.05) is 38.2 Å². The summed E-state index contributed by atoms with van der Waals surface area (Å²) in [4.78, 5) is 43.9. The molecule has 2 N–H and O–H groups in total. The van der Waals surface area contributed by atoms with Crippen LogP contribution in [0.25, 0.3) is 21.3 Å². The highest BCUT2D eigenvalue weighted by Gasteiger charge is 2.42. The third-order valence-electron chi connectivity index (χ3n) is 9.72. The first kappa shape index (κ1) is 29.7. The molecule has 0 bridgehead atoms. The summed E-state index contributed by atoms with van der Waals surface area (Å²) in [7, 11) is 0. The Hall–Kier alpha value is -3.03. The van der Waals surface area contributed by atoms with Gasteiger partial charge in [0.25, 0.3) is 0 Å². The molecule has 11 nitrogen and oxygen atoms in total. The molecule has 4 fully saturated rings. The van der Waals surface area contributed by atoms with E-state index in [1.165, 1.54) is 11.3 Å². The predicted octanol–water partition coefficient (Wildman–Crippen LogP) is 3.47. The number of aliphatic hydroxyl groups is 1. The van der Waals surface area contributed by atoms with E-state index in [-0.39, 0.29) is 42.4 Å². The number of benzene rings is 1. The van der Waals surface area contributed by atoms with Crippen molar-refractivity contribution in [3.63, 3.8) is 0 Å². The number of thiazole rings is 1. The third kappa shape index (κ3) is 6.23. The van der Waals surface area contributed by atoms with Crippen LogP contribution in [0.3, 0.4) is 0 Å². The molecule has 4 aliphatic rings. The van der Waals surface area contributed by atoms with Crippen molar-refractivity contribution in [2.24, 2.45) is 11.8 Å². The second kappa shape index (κ2) is 12.8. The fourth-order valence-electron chi connectivity index (χ4n) is 7.00. The molecule has 2 aromatic heterocycles. The molecule has 7 rings (SSSR count). The van der Waals surface area contributed by atoms with Gasteiger partial charge < -0.3 is 24.8 Å². The van der Waals surface area contributed by atoms with Crippen LogP contribution in [0.5, 0.6) is 0 Å². The first-order valence-electron chi connectivity index (χ1n) is 15.9. The van der Waals surface area contributed by atoms with Gasteiger partial charge in [-0.25, -0.2) is 15.0 Å². The second-order valence-corrected chi connectivity index (χ2v) is 13.7. The van der Waals surface area contributed by atoms with E-state index in [9.17, 15) is 14.7 Å². The Kier molecular flexibility index (Phi) is 8.60. The molecule has 1 aromatic carbocycles. The summed E-state index contributed by atoms with van der Waals surface area (Å²) in [5.74, 6) is 0.845. The lowest BCUT2D eigenvalue weighted by atomic mass is 9.78. The molecule has 4 heterocycles. The zero-order valence-electron chi connectivity index (χ0n) is 25.1. The van der Waals surface area contributed by atoms with Gasteiger partial charge in [-0.15, -0.1) is 0 Å². The van der Waals surface area contributed by atoms with Crippen LogP contribution in [0.2, 0.25) is 0 Å². The van der Waals surface area contributed by atoms with Crippen LogP contribution in [0.1, 0.15) is 51.3 Å². The smallest absolute Gasteiger partial charge is 0.229 e. The number of aliphatic hydroxyl groups excluding tert-OH is 1. The fourth-order valence-corrected chi connectivity index (χ4v) is 7.91. The SMILES string of the molecule is C[C@H]1CN(C(=O)[C@H]2CCOC2)CCN1[C@H]1C[C@@H](C(=O)Nc2nc3ccc(-c4cnc(CO[C@H]5CCC[C@@H]5O)nc4)cc3s2)C1. The molecular formula is C32H40N6O5S. The van der Waals surface area contributed by atoms with Crippen molar-refractivity contribution >= 4 is 38.5 Å². The fraction of sp³-hybridized carbons (Fsp3) is 0.594. The highest BCUT2D eigenvalue weighted by molar-refractivity contribution is 7.22. The summed E-state index contributed by atoms with van der Waals surface area (Å²) in [5, 5.41) is 13.6. The number of carbonyl (C=O) groups excluding carboxylic acids is 2. The van der Waals surface area contributed by atoms with Crippen LogP contribution in [-0.4, -0.2) is 98.8 Å². The van der Waals surface area contributed by atoms with E-state index in [0.717, 1.165) is 79.5 Å². The molecule has 2 aliphatic heterocycles. The minimum absolute atomic E-state index is 0.0173. The van der Waals surface area contributed by atoms with Crippen LogP contribution in [0.4, 0.5) is 5.13 Å². The number of piperazine rings is 1. The van der Waals surface area contributed by atoms with Crippen LogP contribution in [0, 0.1) is 11.8 Å². The minimum atomic E-state index is -0.396. The van der Waals surface area contributed by atoms with Gasteiger partial charge in [0, 0.05) is 62.2 Å². The van der Waals surface area contributed by atoms with E-state index in [0.29, 0.717) is 30.2 Å². The van der Waals surface area contributed by atoms with E-state index < -0.39 is 6.10 Å². The molecule has 3 aromatic rings. The Morgan fingerprint density at radius 1 is 1.11 bits per heavy atom. The summed E-state index contributed by atoms with van der Waals surface area (Å²) in [6, 6.07) is 6.66. The standard InChI is InChI=1S/C32H40N6O5S/c1-19-16-37(31(41)21-7-10-42-17-21)8-9-38(19)24-11-22(12-24)30(40)36-32-35-25-6-5-20(13-28(25)44-32)23-14-33-29(34-15-23)18-43-27-4-2-3-26(27)39/h5-6,13-15,19,21-22,24,26-27,39H,2-4,7-12,16-18H2,1H3,(H,35,36,40)/t19-,21-,22-,24+,26-,27-/m0/s1. The van der Waals surface area contributed by atoms with Crippen LogP contribution < -0.4 is 5.32 Å². The lowest BCUT2D eigenvalue weighted by Gasteiger charge is -2.49. The largest absolute Gasteiger partial charge is 0.390 e. The van der Waals surface area contributed by atoms with Crippen LogP contribution in [0.15, 0.2) is 30.6 Å². The number of nitrogens with zero attached hydrogens (tertiary/aromatic N) is 5. The van der Waals surface area contributed by atoms with E-state index in [2.05, 4.69) is 38.2 Å². The molecule has 0 radical (unpaired) electrons. The molecule has 0 unspecified atom stereocenters. The molecule has 234 valence electrons. The Morgan fingerprint density at radius 3 is 2.68 bits per heavy atom. The number of hydrogen-bond acceptors (Lipinski definition) is 10. The summed E-state index contributed by atoms with van der Waals surface area (Å²) in [5.41, 5.74) is 2.71. The summed E-state index contributed by atoms with van der Waals surface area (Å²) in [6.07, 6.45) is 8.19. The zero-order chi connectivity index (χ0) is 30.2. The van der Waals surface area contributed by atoms with Crippen molar-refractivity contribution in [1.82, 2.24) is 24.8 Å². The predicted molar refractivity (Wildman–Crippen MR) is 166 cm³/mol. The van der Waals surface area contributed by atoms with Crippen molar-refractivity contribution < 1.29 is 24.2 Å². The monoisotopic (exact) mass is 620 g/mol. The number of aromatic nitrogens is 3. The molecule has 2 saturated heterocycles. The molecule has 4 atom stereocenters. The highest BCUT2D eigenvalue weighted by Crippen LogP contribution is 2.36. The number of amides is 2. The number of rotatable bonds is 8. The van der Waals surface area contributed by atoms with Gasteiger partial charge in [0.05, 0.1) is 34.9 Å². The van der Waals surface area contributed by atoms with Crippen molar-refractivity contribution in [1.29, 1.82) is 0 Å². The summed E-state index contributed by atoms with van der Waals surface area (Å²) in [6.45, 7) is 6.05. The van der Waals surface area contributed by atoms with Gasteiger partial charge in [-0.2, -0.15) is 0 Å². The van der Waals surface area contributed by atoms with Gasteiger partial charge in [0.2, 0.25) is 11.8 Å². The first-order valence-corrected chi connectivity index (χ1v) is 16.7. The maximum atomic E-state index is 13.1. The average Bonchev–Trinajstić information content (AvgIpc) is 3.77. The van der Waals surface area contributed by atoms with Gasteiger partial charge in [0.1, 0.15) is 6.61 Å². The number of anilines is 1. The maximum Gasteiger partial charge on any atom is 0.229 e. The van der Waals surface area contributed by atoms with E-state index in [1.54, 1.807) is 12.4 Å². The third-order valence-corrected chi connectivity index (χ3v) is 10.7. The van der Waals surface area contributed by atoms with Gasteiger partial charge >= 0.3 is 0 Å². The molecule has 2 amide bonds. The molecule has 2 aliphatic carbocycles. The van der Waals surface area contributed by atoms with Gasteiger partial charge in [-0.05, 0) is 63.1 Å². The normalized spacial score (nSPS) is 29.2. The molecular weight excluding hydrogens is 580 g/mol. The van der Waals surface area contributed by atoms with E-state index >= 15 is 0 Å². The highest BCUT2D eigenvalue weighted by atomic mass is 32.1. The van der Waals surface area contributed by atoms with E-state index in [1.807, 2.05) is 17.0 Å². The number of fused-ring (bicyclic) bond motifs is 1. The molecule has 44 heavy (non-hydrogen) atoms. The van der Waals surface area contributed by atoms with Gasteiger partial charge in [-0.1, -0.05) is 17.4 Å². The topological polar surface area (TPSA) is 130 Å². The second-order valence-electron chi connectivity index (χ2n) is 12.7. The lowest BCUT2D eigenvalue weighted by Crippen LogP contribution is -2.60. The molecule has 2 saturated carbocycles. The summed E-state index contributed by atoms with van der Waals surface area (Å²) >= 11 is 1.47. The molecule has 0 spiro atoms.